The van der Waals surface area contributed by atoms with Gasteiger partial charge in [-0.15, -0.1) is 0 Å². The van der Waals surface area contributed by atoms with Gasteiger partial charge < -0.3 is 14.6 Å². The minimum absolute atomic E-state index is 0.107. The molecule has 4 heteroatoms. The molecular weight excluding hydrogens is 256 g/mol. The van der Waals surface area contributed by atoms with Crippen LogP contribution in [0, 0.1) is 6.92 Å². The first-order valence-electron chi connectivity index (χ1n) is 6.20. The van der Waals surface area contributed by atoms with E-state index < -0.39 is 5.97 Å². The molecular formula is C16H16O4. The van der Waals surface area contributed by atoms with Crippen molar-refractivity contribution in [3.05, 3.63) is 59.2 Å². The van der Waals surface area contributed by atoms with E-state index in [9.17, 15) is 9.90 Å². The summed E-state index contributed by atoms with van der Waals surface area (Å²) in [6.07, 6.45) is 0. The minimum Gasteiger partial charge on any atom is -0.492 e. The minimum atomic E-state index is -1.03. The fraction of sp³-hybridized carbons (Fsp3) is 0.188. The molecule has 0 aliphatic heterocycles. The van der Waals surface area contributed by atoms with Crippen LogP contribution in [0.4, 0.5) is 0 Å². The lowest BCUT2D eigenvalue weighted by Crippen LogP contribution is -2.05. The van der Waals surface area contributed by atoms with Crippen LogP contribution < -0.4 is 9.47 Å². The summed E-state index contributed by atoms with van der Waals surface area (Å²) in [6, 6.07) is 13.0. The normalized spacial score (nSPS) is 10.1. The maximum Gasteiger partial charge on any atom is 0.339 e. The third kappa shape index (κ3) is 3.09. The van der Waals surface area contributed by atoms with Gasteiger partial charge in [0.25, 0.3) is 0 Å². The van der Waals surface area contributed by atoms with Crippen LogP contribution in [0.25, 0.3) is 0 Å². The Morgan fingerprint density at radius 2 is 1.90 bits per heavy atom. The van der Waals surface area contributed by atoms with Crippen LogP contribution in [0.15, 0.2) is 42.5 Å². The zero-order chi connectivity index (χ0) is 14.5. The van der Waals surface area contributed by atoms with Crippen LogP contribution >= 0.6 is 0 Å². The van der Waals surface area contributed by atoms with Crippen LogP contribution in [-0.2, 0) is 6.61 Å². The molecule has 1 N–H and O–H groups in total. The van der Waals surface area contributed by atoms with Gasteiger partial charge in [0.1, 0.15) is 12.2 Å². The largest absolute Gasteiger partial charge is 0.492 e. The monoisotopic (exact) mass is 272 g/mol. The maximum absolute atomic E-state index is 11.2. The second kappa shape index (κ2) is 6.10. The summed E-state index contributed by atoms with van der Waals surface area (Å²) >= 11 is 0. The van der Waals surface area contributed by atoms with Crippen molar-refractivity contribution in [3.63, 3.8) is 0 Å². The maximum atomic E-state index is 11.2. The van der Waals surface area contributed by atoms with Crippen LogP contribution in [-0.4, -0.2) is 18.2 Å². The molecule has 4 nitrogen and oxygen atoms in total. The van der Waals surface area contributed by atoms with Gasteiger partial charge in [0.2, 0.25) is 0 Å². The Morgan fingerprint density at radius 1 is 1.20 bits per heavy atom. The predicted molar refractivity (Wildman–Crippen MR) is 75.5 cm³/mol. The van der Waals surface area contributed by atoms with Crippen molar-refractivity contribution in [2.75, 3.05) is 7.11 Å². The van der Waals surface area contributed by atoms with E-state index in [1.54, 1.807) is 12.1 Å². The Kier molecular flexibility index (Phi) is 4.25. The molecule has 0 fully saturated rings. The van der Waals surface area contributed by atoms with Crippen molar-refractivity contribution in [2.24, 2.45) is 0 Å². The lowest BCUT2D eigenvalue weighted by atomic mass is 10.1. The SMILES string of the molecule is COc1c(OCc2ccccc2)cc(C)cc1C(=O)O. The summed E-state index contributed by atoms with van der Waals surface area (Å²) in [5.74, 6) is -0.345. The predicted octanol–water partition coefficient (Wildman–Crippen LogP) is 3.28. The fourth-order valence-electron chi connectivity index (χ4n) is 1.95. The zero-order valence-corrected chi connectivity index (χ0v) is 11.4. The summed E-state index contributed by atoms with van der Waals surface area (Å²) in [5, 5.41) is 9.20. The third-order valence-corrected chi connectivity index (χ3v) is 2.87. The van der Waals surface area contributed by atoms with Crippen LogP contribution in [0.3, 0.4) is 0 Å². The number of aromatic carboxylic acids is 1. The number of rotatable bonds is 5. The molecule has 0 aliphatic rings. The van der Waals surface area contributed by atoms with Gasteiger partial charge in [0, 0.05) is 0 Å². The number of carboxylic acid groups (broad SMARTS) is 1. The number of hydrogen-bond donors (Lipinski definition) is 1. The molecule has 2 rings (SSSR count). The molecule has 0 spiro atoms. The van der Waals surface area contributed by atoms with E-state index in [0.717, 1.165) is 11.1 Å². The van der Waals surface area contributed by atoms with Crippen molar-refractivity contribution in [1.29, 1.82) is 0 Å². The smallest absolute Gasteiger partial charge is 0.339 e. The third-order valence-electron chi connectivity index (χ3n) is 2.87. The highest BCUT2D eigenvalue weighted by Gasteiger charge is 2.17. The number of ether oxygens (including phenoxy) is 2. The number of benzene rings is 2. The first-order chi connectivity index (χ1) is 9.61. The Hall–Kier alpha value is -2.49. The molecule has 0 saturated carbocycles. The lowest BCUT2D eigenvalue weighted by Gasteiger charge is -2.14. The van der Waals surface area contributed by atoms with Crippen molar-refractivity contribution in [1.82, 2.24) is 0 Å². The average molecular weight is 272 g/mol. The molecule has 0 saturated heterocycles. The first kappa shape index (κ1) is 13.9. The van der Waals surface area contributed by atoms with E-state index in [2.05, 4.69) is 0 Å². The Morgan fingerprint density at radius 3 is 2.50 bits per heavy atom. The Labute approximate surface area is 117 Å². The number of methoxy groups -OCH3 is 1. The highest BCUT2D eigenvalue weighted by Crippen LogP contribution is 2.33. The molecule has 0 unspecified atom stereocenters. The van der Waals surface area contributed by atoms with Gasteiger partial charge in [0.15, 0.2) is 11.5 Å². The first-order valence-corrected chi connectivity index (χ1v) is 6.20. The molecule has 0 aliphatic carbocycles. The molecule has 0 radical (unpaired) electrons. The van der Waals surface area contributed by atoms with E-state index in [1.165, 1.54) is 7.11 Å². The summed E-state index contributed by atoms with van der Waals surface area (Å²) in [4.78, 5) is 11.2. The second-order valence-corrected chi connectivity index (χ2v) is 4.42. The topological polar surface area (TPSA) is 55.8 Å². The molecule has 0 heterocycles. The van der Waals surface area contributed by atoms with Crippen molar-refractivity contribution in [2.45, 2.75) is 13.5 Å². The van der Waals surface area contributed by atoms with E-state index in [4.69, 9.17) is 9.47 Å². The Bertz CT molecular complexity index is 605. The van der Waals surface area contributed by atoms with Gasteiger partial charge >= 0.3 is 5.97 Å². The Balaban J connectivity index is 2.29. The van der Waals surface area contributed by atoms with E-state index in [0.29, 0.717) is 12.4 Å². The summed E-state index contributed by atoms with van der Waals surface area (Å²) in [5.41, 5.74) is 1.93. The van der Waals surface area contributed by atoms with Gasteiger partial charge in [0.05, 0.1) is 7.11 Å². The van der Waals surface area contributed by atoms with E-state index in [1.807, 2.05) is 37.3 Å². The highest BCUT2D eigenvalue weighted by molar-refractivity contribution is 5.92. The number of carboxylic acids is 1. The van der Waals surface area contributed by atoms with Gasteiger partial charge in [-0.2, -0.15) is 0 Å². The number of aryl methyl sites for hydroxylation is 1. The molecule has 2 aromatic rings. The molecule has 2 aromatic carbocycles. The average Bonchev–Trinajstić information content (AvgIpc) is 2.45. The summed E-state index contributed by atoms with van der Waals surface area (Å²) < 4.78 is 10.9. The van der Waals surface area contributed by atoms with E-state index >= 15 is 0 Å². The number of hydrogen-bond acceptors (Lipinski definition) is 3. The lowest BCUT2D eigenvalue weighted by molar-refractivity contribution is 0.0692. The van der Waals surface area contributed by atoms with Crippen LogP contribution in [0.2, 0.25) is 0 Å². The number of carbonyl (C=O) groups is 1. The highest BCUT2D eigenvalue weighted by atomic mass is 16.5. The van der Waals surface area contributed by atoms with Crippen molar-refractivity contribution >= 4 is 5.97 Å². The molecule has 0 bridgehead atoms. The molecule has 20 heavy (non-hydrogen) atoms. The van der Waals surface area contributed by atoms with Gasteiger partial charge in [-0.25, -0.2) is 4.79 Å². The van der Waals surface area contributed by atoms with Crippen molar-refractivity contribution < 1.29 is 19.4 Å². The molecule has 0 amide bonds. The van der Waals surface area contributed by atoms with Crippen LogP contribution in [0.1, 0.15) is 21.5 Å². The standard InChI is InChI=1S/C16H16O4/c1-11-8-13(16(17)18)15(19-2)14(9-11)20-10-12-6-4-3-5-7-12/h3-9H,10H2,1-2H3,(H,17,18). The van der Waals surface area contributed by atoms with Gasteiger partial charge in [-0.05, 0) is 30.2 Å². The quantitative estimate of drug-likeness (QED) is 0.907. The second-order valence-electron chi connectivity index (χ2n) is 4.42. The van der Waals surface area contributed by atoms with Gasteiger partial charge in [-0.3, -0.25) is 0 Å². The molecule has 104 valence electrons. The summed E-state index contributed by atoms with van der Waals surface area (Å²) in [6.45, 7) is 2.18. The molecule has 0 atom stereocenters. The fourth-order valence-corrected chi connectivity index (χ4v) is 1.95. The van der Waals surface area contributed by atoms with Crippen molar-refractivity contribution in [3.8, 4) is 11.5 Å². The van der Waals surface area contributed by atoms with Gasteiger partial charge in [-0.1, -0.05) is 30.3 Å². The summed E-state index contributed by atoms with van der Waals surface area (Å²) in [7, 11) is 1.44. The van der Waals surface area contributed by atoms with E-state index in [-0.39, 0.29) is 11.3 Å². The molecule has 0 aromatic heterocycles. The zero-order valence-electron chi connectivity index (χ0n) is 11.4. The van der Waals surface area contributed by atoms with Crippen LogP contribution in [0.5, 0.6) is 11.5 Å².